The van der Waals surface area contributed by atoms with Crippen LogP contribution in [0.1, 0.15) is 32.5 Å². The minimum Gasteiger partial charge on any atom is -0.492 e. The van der Waals surface area contributed by atoms with Crippen LogP contribution in [-0.4, -0.2) is 16.2 Å². The van der Waals surface area contributed by atoms with Crippen LogP contribution in [0.2, 0.25) is 0 Å². The third-order valence-electron chi connectivity index (χ3n) is 4.14. The van der Waals surface area contributed by atoms with Crippen LogP contribution in [0.5, 0.6) is 5.75 Å². The average molecular weight is 293 g/mol. The van der Waals surface area contributed by atoms with Crippen molar-refractivity contribution in [3.05, 3.63) is 24.0 Å². The Morgan fingerprint density at radius 1 is 1.45 bits per heavy atom. The molecule has 1 atom stereocenters. The van der Waals surface area contributed by atoms with Gasteiger partial charge in [-0.3, -0.25) is 0 Å². The molecule has 0 aliphatic heterocycles. The van der Waals surface area contributed by atoms with Crippen LogP contribution in [0, 0.1) is 11.8 Å². The Morgan fingerprint density at radius 2 is 2.25 bits per heavy atom. The highest BCUT2D eigenvalue weighted by molar-refractivity contribution is 6.16. The van der Waals surface area contributed by atoms with Crippen LogP contribution < -0.4 is 4.74 Å². The molecule has 4 heteroatoms. The van der Waals surface area contributed by atoms with Gasteiger partial charge in [0.15, 0.2) is 0 Å². The molecule has 1 heterocycles. The van der Waals surface area contributed by atoms with Crippen LogP contribution in [0.25, 0.3) is 11.0 Å². The summed E-state index contributed by atoms with van der Waals surface area (Å²) in [5.74, 6) is 3.81. The second kappa shape index (κ2) is 5.65. The molecule has 0 saturated heterocycles. The molecule has 1 fully saturated rings. The third kappa shape index (κ3) is 2.51. The summed E-state index contributed by atoms with van der Waals surface area (Å²) in [5.41, 5.74) is 2.08. The standard InChI is InChI=1S/C16H21ClN2O/c1-3-20-14-6-4-5-13-16(14)18-15(9-17)19(13)10-11(2)12-7-8-12/h4-6,11-12H,3,7-10H2,1-2H3. The number of imidazole rings is 1. The van der Waals surface area contributed by atoms with E-state index in [1.54, 1.807) is 0 Å². The summed E-state index contributed by atoms with van der Waals surface area (Å²) < 4.78 is 7.95. The summed E-state index contributed by atoms with van der Waals surface area (Å²) in [6.07, 6.45) is 2.74. The van der Waals surface area contributed by atoms with Gasteiger partial charge in [0.05, 0.1) is 18.0 Å². The van der Waals surface area contributed by atoms with Crippen molar-refractivity contribution in [3.63, 3.8) is 0 Å². The van der Waals surface area contributed by atoms with E-state index in [9.17, 15) is 0 Å². The van der Waals surface area contributed by atoms with Gasteiger partial charge in [0.1, 0.15) is 17.1 Å². The molecule has 3 nitrogen and oxygen atoms in total. The predicted molar refractivity (Wildman–Crippen MR) is 82.3 cm³/mol. The monoisotopic (exact) mass is 292 g/mol. The minimum atomic E-state index is 0.442. The van der Waals surface area contributed by atoms with Crippen molar-refractivity contribution >= 4 is 22.6 Å². The predicted octanol–water partition coefficient (Wildman–Crippen LogP) is 4.22. The molecule has 1 aliphatic carbocycles. The molecule has 1 saturated carbocycles. The topological polar surface area (TPSA) is 27.1 Å². The molecule has 1 aliphatic rings. The fourth-order valence-corrected chi connectivity index (χ4v) is 3.05. The Morgan fingerprint density at radius 3 is 2.90 bits per heavy atom. The van der Waals surface area contributed by atoms with Crippen molar-refractivity contribution in [2.75, 3.05) is 6.61 Å². The highest BCUT2D eigenvalue weighted by Crippen LogP contribution is 2.38. The molecule has 1 unspecified atom stereocenters. The van der Waals surface area contributed by atoms with Gasteiger partial charge in [0.25, 0.3) is 0 Å². The van der Waals surface area contributed by atoms with Gasteiger partial charge in [-0.25, -0.2) is 4.98 Å². The van der Waals surface area contributed by atoms with E-state index >= 15 is 0 Å². The van der Waals surface area contributed by atoms with Crippen LogP contribution in [-0.2, 0) is 12.4 Å². The van der Waals surface area contributed by atoms with Gasteiger partial charge in [-0.05, 0) is 43.7 Å². The maximum Gasteiger partial charge on any atom is 0.147 e. The Kier molecular flexibility index (Phi) is 3.88. The summed E-state index contributed by atoms with van der Waals surface area (Å²) >= 11 is 6.09. The SMILES string of the molecule is CCOc1cccc2c1nc(CCl)n2CC(C)C1CC1. The maximum absolute atomic E-state index is 6.09. The minimum absolute atomic E-state index is 0.442. The van der Waals surface area contributed by atoms with Crippen molar-refractivity contribution < 1.29 is 4.74 Å². The van der Waals surface area contributed by atoms with Crippen molar-refractivity contribution in [1.29, 1.82) is 0 Å². The number of rotatable bonds is 6. The van der Waals surface area contributed by atoms with Gasteiger partial charge in [0.2, 0.25) is 0 Å². The number of halogens is 1. The Balaban J connectivity index is 2.02. The van der Waals surface area contributed by atoms with Crippen molar-refractivity contribution in [3.8, 4) is 5.75 Å². The second-order valence-corrected chi connectivity index (χ2v) is 5.91. The van der Waals surface area contributed by atoms with E-state index in [1.165, 1.54) is 12.8 Å². The molecular weight excluding hydrogens is 272 g/mol. The van der Waals surface area contributed by atoms with E-state index in [0.717, 1.165) is 35.1 Å². The number of ether oxygens (including phenoxy) is 1. The number of alkyl halides is 1. The normalized spacial score (nSPS) is 16.6. The number of benzene rings is 1. The van der Waals surface area contributed by atoms with Crippen molar-refractivity contribution in [1.82, 2.24) is 9.55 Å². The lowest BCUT2D eigenvalue weighted by Crippen LogP contribution is -2.11. The van der Waals surface area contributed by atoms with Gasteiger partial charge in [-0.15, -0.1) is 11.6 Å². The zero-order valence-corrected chi connectivity index (χ0v) is 12.9. The molecule has 0 spiro atoms. The third-order valence-corrected chi connectivity index (χ3v) is 4.38. The molecule has 108 valence electrons. The van der Waals surface area contributed by atoms with Crippen LogP contribution in [0.3, 0.4) is 0 Å². The number of fused-ring (bicyclic) bond motifs is 1. The van der Waals surface area contributed by atoms with Crippen LogP contribution in [0.15, 0.2) is 18.2 Å². The van der Waals surface area contributed by atoms with Gasteiger partial charge in [-0.2, -0.15) is 0 Å². The zero-order valence-electron chi connectivity index (χ0n) is 12.1. The lowest BCUT2D eigenvalue weighted by molar-refractivity contribution is 0.343. The fourth-order valence-electron chi connectivity index (χ4n) is 2.85. The summed E-state index contributed by atoms with van der Waals surface area (Å²) in [5, 5.41) is 0. The quantitative estimate of drug-likeness (QED) is 0.745. The van der Waals surface area contributed by atoms with Crippen LogP contribution in [0.4, 0.5) is 0 Å². The molecule has 20 heavy (non-hydrogen) atoms. The van der Waals surface area contributed by atoms with E-state index < -0.39 is 0 Å². The molecule has 0 bridgehead atoms. The summed E-state index contributed by atoms with van der Waals surface area (Å²) in [6, 6.07) is 6.12. The average Bonchev–Trinajstić information content (AvgIpc) is 3.24. The Labute approximate surface area is 124 Å². The molecule has 0 radical (unpaired) electrons. The number of para-hydroxylation sites is 1. The van der Waals surface area contributed by atoms with Crippen LogP contribution >= 0.6 is 11.6 Å². The molecule has 1 aromatic heterocycles. The van der Waals surface area contributed by atoms with E-state index in [4.69, 9.17) is 16.3 Å². The van der Waals surface area contributed by atoms with E-state index in [-0.39, 0.29) is 0 Å². The first kappa shape index (κ1) is 13.7. The Hall–Kier alpha value is -1.22. The lowest BCUT2D eigenvalue weighted by atomic mass is 10.1. The first-order chi connectivity index (χ1) is 9.74. The number of hydrogen-bond donors (Lipinski definition) is 0. The summed E-state index contributed by atoms with van der Waals surface area (Å²) in [7, 11) is 0. The molecule has 2 aromatic rings. The fraction of sp³-hybridized carbons (Fsp3) is 0.562. The van der Waals surface area contributed by atoms with Gasteiger partial charge in [-0.1, -0.05) is 13.0 Å². The number of hydrogen-bond acceptors (Lipinski definition) is 2. The summed E-state index contributed by atoms with van der Waals surface area (Å²) in [4.78, 5) is 4.69. The first-order valence-corrected chi connectivity index (χ1v) is 7.95. The molecule has 0 amide bonds. The van der Waals surface area contributed by atoms with E-state index in [0.29, 0.717) is 18.4 Å². The first-order valence-electron chi connectivity index (χ1n) is 7.41. The van der Waals surface area contributed by atoms with E-state index in [2.05, 4.69) is 22.5 Å². The largest absolute Gasteiger partial charge is 0.492 e. The smallest absolute Gasteiger partial charge is 0.147 e. The van der Waals surface area contributed by atoms with Crippen molar-refractivity contribution in [2.45, 2.75) is 39.1 Å². The second-order valence-electron chi connectivity index (χ2n) is 5.64. The Bertz CT molecular complexity index is 604. The van der Waals surface area contributed by atoms with Gasteiger partial charge in [0, 0.05) is 6.54 Å². The number of aromatic nitrogens is 2. The maximum atomic E-state index is 6.09. The number of nitrogens with zero attached hydrogens (tertiary/aromatic N) is 2. The van der Waals surface area contributed by atoms with Gasteiger partial charge >= 0.3 is 0 Å². The summed E-state index contributed by atoms with van der Waals surface area (Å²) in [6.45, 7) is 5.97. The van der Waals surface area contributed by atoms with Gasteiger partial charge < -0.3 is 9.30 Å². The lowest BCUT2D eigenvalue weighted by Gasteiger charge is -2.14. The zero-order chi connectivity index (χ0) is 14.1. The molecular formula is C16H21ClN2O. The van der Waals surface area contributed by atoms with Crippen molar-refractivity contribution in [2.24, 2.45) is 11.8 Å². The van der Waals surface area contributed by atoms with E-state index in [1.807, 2.05) is 19.1 Å². The molecule has 1 aromatic carbocycles. The molecule has 0 N–H and O–H groups in total. The highest BCUT2D eigenvalue weighted by atomic mass is 35.5. The highest BCUT2D eigenvalue weighted by Gasteiger charge is 2.29. The molecule has 3 rings (SSSR count).